The van der Waals surface area contributed by atoms with E-state index in [4.69, 9.17) is 5.73 Å². The molecule has 1 aromatic carbocycles. The second-order valence-corrected chi connectivity index (χ2v) is 5.42. The first-order valence-electron chi connectivity index (χ1n) is 6.93. The Kier molecular flexibility index (Phi) is 3.28. The Morgan fingerprint density at radius 2 is 2.19 bits per heavy atom. The predicted octanol–water partition coefficient (Wildman–Crippen LogP) is 1.33. The number of rotatable bonds is 3. The quantitative estimate of drug-likeness (QED) is 0.790. The zero-order valence-corrected chi connectivity index (χ0v) is 12.1. The third-order valence-electron chi connectivity index (χ3n) is 3.74. The number of hydrogen-bond acceptors (Lipinski definition) is 5. The van der Waals surface area contributed by atoms with E-state index in [9.17, 15) is 5.26 Å². The van der Waals surface area contributed by atoms with Gasteiger partial charge in [0.25, 0.3) is 0 Å². The Morgan fingerprint density at radius 1 is 1.43 bits per heavy atom. The number of nitrogens with two attached hydrogens (primary N) is 1. The highest BCUT2D eigenvalue weighted by atomic mass is 15.4. The first kappa shape index (κ1) is 13.5. The largest absolute Gasteiger partial charge is 0.382 e. The second kappa shape index (κ2) is 5.11. The molecular formula is C15H18N6. The molecule has 0 bridgehead atoms. The van der Waals surface area contributed by atoms with Crippen molar-refractivity contribution in [1.29, 1.82) is 5.26 Å². The van der Waals surface area contributed by atoms with Crippen molar-refractivity contribution in [2.24, 2.45) is 0 Å². The Labute approximate surface area is 123 Å². The zero-order valence-electron chi connectivity index (χ0n) is 12.1. The summed E-state index contributed by atoms with van der Waals surface area (Å²) in [6.45, 7) is 5.81. The molecule has 0 saturated carbocycles. The highest BCUT2D eigenvalue weighted by Crippen LogP contribution is 2.26. The van der Waals surface area contributed by atoms with Gasteiger partial charge in [0, 0.05) is 13.1 Å². The van der Waals surface area contributed by atoms with Crippen LogP contribution in [0.15, 0.2) is 18.2 Å². The molecule has 4 N–H and O–H groups in total. The fourth-order valence-electron chi connectivity index (χ4n) is 2.45. The van der Waals surface area contributed by atoms with E-state index in [-0.39, 0.29) is 0 Å². The van der Waals surface area contributed by atoms with Crippen LogP contribution in [0.1, 0.15) is 16.7 Å². The van der Waals surface area contributed by atoms with Crippen LogP contribution in [-0.4, -0.2) is 28.9 Å². The van der Waals surface area contributed by atoms with Gasteiger partial charge in [-0.05, 0) is 25.5 Å². The maximum atomic E-state index is 9.34. The lowest BCUT2D eigenvalue weighted by Gasteiger charge is -2.27. The lowest BCUT2D eigenvalue weighted by molar-refractivity contribution is 0.470. The number of nitrogen functional groups attached to an aromatic ring is 1. The molecule has 0 aliphatic carbocycles. The second-order valence-electron chi connectivity index (χ2n) is 5.42. The van der Waals surface area contributed by atoms with Crippen molar-refractivity contribution in [2.45, 2.75) is 19.9 Å². The van der Waals surface area contributed by atoms with Crippen LogP contribution in [0.5, 0.6) is 0 Å². The molecule has 2 heterocycles. The number of hydrogen-bond donors (Lipinski definition) is 3. The average Bonchev–Trinajstić information content (AvgIpc) is 2.70. The monoisotopic (exact) mass is 282 g/mol. The smallest absolute Gasteiger partial charge is 0.169 e. The number of nitrogens with one attached hydrogen (secondary N) is 2. The summed E-state index contributed by atoms with van der Waals surface area (Å²) in [5.41, 5.74) is 9.67. The summed E-state index contributed by atoms with van der Waals surface area (Å²) in [5.74, 6) is 0.931. The predicted molar refractivity (Wildman–Crippen MR) is 82.4 cm³/mol. The molecule has 1 fully saturated rings. The van der Waals surface area contributed by atoms with Crippen LogP contribution in [0.25, 0.3) is 5.69 Å². The van der Waals surface area contributed by atoms with Crippen molar-refractivity contribution in [1.82, 2.24) is 15.1 Å². The summed E-state index contributed by atoms with van der Waals surface area (Å²) in [6, 6.07) is 8.52. The van der Waals surface area contributed by atoms with Gasteiger partial charge in [0.1, 0.15) is 17.5 Å². The molecule has 1 aliphatic rings. The van der Waals surface area contributed by atoms with Crippen LogP contribution in [-0.2, 0) is 0 Å². The summed E-state index contributed by atoms with van der Waals surface area (Å²) < 4.78 is 1.64. The Hall–Kier alpha value is -2.52. The molecule has 0 amide bonds. The Morgan fingerprint density at radius 3 is 2.76 bits per heavy atom. The van der Waals surface area contributed by atoms with Crippen LogP contribution in [0.2, 0.25) is 0 Å². The molecule has 1 saturated heterocycles. The van der Waals surface area contributed by atoms with Gasteiger partial charge in [-0.3, -0.25) is 0 Å². The van der Waals surface area contributed by atoms with Crippen LogP contribution in [0.3, 0.4) is 0 Å². The summed E-state index contributed by atoms with van der Waals surface area (Å²) in [6.07, 6.45) is 0. The topological polar surface area (TPSA) is 91.7 Å². The van der Waals surface area contributed by atoms with E-state index in [1.807, 2.05) is 26.0 Å². The molecule has 0 spiro atoms. The number of nitriles is 1. The van der Waals surface area contributed by atoms with E-state index in [0.717, 1.165) is 24.3 Å². The first-order chi connectivity index (χ1) is 10.1. The van der Waals surface area contributed by atoms with Gasteiger partial charge >= 0.3 is 0 Å². The molecule has 2 aromatic rings. The maximum Gasteiger partial charge on any atom is 0.169 e. The number of aromatic nitrogens is 2. The van der Waals surface area contributed by atoms with E-state index in [0.29, 0.717) is 23.2 Å². The van der Waals surface area contributed by atoms with E-state index in [1.165, 1.54) is 5.56 Å². The third kappa shape index (κ3) is 2.32. The Bertz CT molecular complexity index is 720. The molecule has 0 radical (unpaired) electrons. The highest BCUT2D eigenvalue weighted by molar-refractivity contribution is 5.67. The third-order valence-corrected chi connectivity index (χ3v) is 3.74. The van der Waals surface area contributed by atoms with E-state index < -0.39 is 0 Å². The summed E-state index contributed by atoms with van der Waals surface area (Å²) in [4.78, 5) is 0. The number of benzene rings is 1. The van der Waals surface area contributed by atoms with Gasteiger partial charge in [0.15, 0.2) is 5.82 Å². The van der Waals surface area contributed by atoms with Gasteiger partial charge in [-0.2, -0.15) is 5.26 Å². The normalized spacial score (nSPS) is 14.5. The lowest BCUT2D eigenvalue weighted by Crippen LogP contribution is -2.51. The molecule has 0 atom stereocenters. The van der Waals surface area contributed by atoms with Crippen LogP contribution in [0, 0.1) is 25.2 Å². The molecular weight excluding hydrogens is 264 g/mol. The van der Waals surface area contributed by atoms with Gasteiger partial charge in [-0.25, -0.2) is 4.68 Å². The molecule has 21 heavy (non-hydrogen) atoms. The minimum atomic E-state index is 0.305. The van der Waals surface area contributed by atoms with Crippen LogP contribution in [0.4, 0.5) is 11.6 Å². The minimum absolute atomic E-state index is 0.305. The SMILES string of the molecule is Cc1ccc(-n2nc(NC3CNC3)c(C#N)c2N)c(C)c1. The van der Waals surface area contributed by atoms with Crippen LogP contribution < -0.4 is 16.4 Å². The van der Waals surface area contributed by atoms with Crippen molar-refractivity contribution in [3.63, 3.8) is 0 Å². The molecule has 108 valence electrons. The summed E-state index contributed by atoms with van der Waals surface area (Å²) >= 11 is 0. The number of anilines is 2. The minimum Gasteiger partial charge on any atom is -0.382 e. The van der Waals surface area contributed by atoms with E-state index >= 15 is 0 Å². The van der Waals surface area contributed by atoms with Crippen molar-refractivity contribution in [3.8, 4) is 11.8 Å². The van der Waals surface area contributed by atoms with Gasteiger partial charge in [-0.15, -0.1) is 5.10 Å². The highest BCUT2D eigenvalue weighted by Gasteiger charge is 2.23. The molecule has 0 unspecified atom stereocenters. The first-order valence-corrected chi connectivity index (χ1v) is 6.93. The fourth-order valence-corrected chi connectivity index (χ4v) is 2.45. The summed E-state index contributed by atoms with van der Waals surface area (Å²) in [5, 5.41) is 20.3. The average molecular weight is 282 g/mol. The van der Waals surface area contributed by atoms with Gasteiger partial charge in [0.05, 0.1) is 11.7 Å². The van der Waals surface area contributed by atoms with Crippen molar-refractivity contribution < 1.29 is 0 Å². The zero-order chi connectivity index (χ0) is 15.0. The molecule has 1 aliphatic heterocycles. The van der Waals surface area contributed by atoms with Gasteiger partial charge in [0.2, 0.25) is 0 Å². The lowest BCUT2D eigenvalue weighted by atomic mass is 10.1. The van der Waals surface area contributed by atoms with E-state index in [1.54, 1.807) is 4.68 Å². The maximum absolute atomic E-state index is 9.34. The van der Waals surface area contributed by atoms with Crippen LogP contribution >= 0.6 is 0 Å². The molecule has 6 heteroatoms. The van der Waals surface area contributed by atoms with Gasteiger partial charge in [-0.1, -0.05) is 17.7 Å². The van der Waals surface area contributed by atoms with E-state index in [2.05, 4.69) is 27.9 Å². The summed E-state index contributed by atoms with van der Waals surface area (Å²) in [7, 11) is 0. The standard InChI is InChI=1S/C15H18N6/c1-9-3-4-13(10(2)5-9)21-14(17)12(6-16)15(20-21)19-11-7-18-8-11/h3-5,11,18H,7-8,17H2,1-2H3,(H,19,20). The number of aryl methyl sites for hydroxylation is 2. The number of nitrogens with zero attached hydrogens (tertiary/aromatic N) is 3. The molecule has 1 aromatic heterocycles. The molecule has 6 nitrogen and oxygen atoms in total. The van der Waals surface area contributed by atoms with Gasteiger partial charge < -0.3 is 16.4 Å². The molecule has 3 rings (SSSR count). The van der Waals surface area contributed by atoms with Crippen molar-refractivity contribution >= 4 is 11.6 Å². The fraction of sp³-hybridized carbons (Fsp3) is 0.333. The van der Waals surface area contributed by atoms with Crippen molar-refractivity contribution in [2.75, 3.05) is 24.1 Å². The Balaban J connectivity index is 2.04. The van der Waals surface area contributed by atoms with Crippen molar-refractivity contribution in [3.05, 3.63) is 34.9 Å².